The lowest BCUT2D eigenvalue weighted by Crippen LogP contribution is -1.97. The van der Waals surface area contributed by atoms with E-state index in [2.05, 4.69) is 15.9 Å². The van der Waals surface area contributed by atoms with Crippen molar-refractivity contribution in [2.75, 3.05) is 6.61 Å². The van der Waals surface area contributed by atoms with Crippen LogP contribution in [0.15, 0.2) is 52.7 Å². The summed E-state index contributed by atoms with van der Waals surface area (Å²) in [5.41, 5.74) is 1.49. The largest absolute Gasteiger partial charge is 0.494 e. The first-order valence-corrected chi connectivity index (χ1v) is 7.43. The quantitative estimate of drug-likeness (QED) is 0.771. The smallest absolute Gasteiger partial charge is 0.231 e. The Morgan fingerprint density at radius 3 is 2.67 bits per heavy atom. The molecule has 106 valence electrons. The Kier molecular flexibility index (Phi) is 3.80. The molecule has 0 N–H and O–H groups in total. The van der Waals surface area contributed by atoms with E-state index in [1.165, 1.54) is 0 Å². The van der Waals surface area contributed by atoms with E-state index in [4.69, 9.17) is 9.47 Å². The van der Waals surface area contributed by atoms with Crippen LogP contribution in [0.5, 0.6) is 11.5 Å². The molecular weight excluding hydrogens is 332 g/mol. The highest BCUT2D eigenvalue weighted by Crippen LogP contribution is 2.34. The predicted octanol–water partition coefficient (Wildman–Crippen LogP) is 4.46. The molecule has 3 nitrogen and oxygen atoms in total. The minimum absolute atomic E-state index is 0.101. The normalized spacial score (nSPS) is 15.0. The van der Waals surface area contributed by atoms with Crippen molar-refractivity contribution in [2.24, 2.45) is 0 Å². The molecule has 0 saturated carbocycles. The summed E-state index contributed by atoms with van der Waals surface area (Å²) < 4.78 is 12.1. The molecule has 2 aromatic rings. The summed E-state index contributed by atoms with van der Waals surface area (Å²) in [6.45, 7) is 2.49. The number of Topliss-reactive ketones (excluding diaryl/α,β-unsaturated/α-hetero) is 1. The number of fused-ring (bicyclic) bond motifs is 1. The Morgan fingerprint density at radius 2 is 1.95 bits per heavy atom. The zero-order valence-electron chi connectivity index (χ0n) is 11.4. The molecule has 0 amide bonds. The molecule has 2 aromatic carbocycles. The minimum Gasteiger partial charge on any atom is -0.494 e. The highest BCUT2D eigenvalue weighted by molar-refractivity contribution is 9.10. The Bertz CT molecular complexity index is 717. The van der Waals surface area contributed by atoms with Crippen LogP contribution >= 0.6 is 15.9 Å². The third-order valence-corrected chi connectivity index (χ3v) is 3.65. The van der Waals surface area contributed by atoms with E-state index < -0.39 is 0 Å². The third kappa shape index (κ3) is 2.85. The Morgan fingerprint density at radius 1 is 1.19 bits per heavy atom. The first kappa shape index (κ1) is 13.9. The molecule has 3 rings (SSSR count). The first-order chi connectivity index (χ1) is 10.2. The van der Waals surface area contributed by atoms with Crippen LogP contribution in [0.3, 0.4) is 0 Å². The average Bonchev–Trinajstić information content (AvgIpc) is 2.78. The standard InChI is InChI=1S/C17H13BrO3/c1-2-20-13-7-8-14-15(10-13)21-16(17(14)19)9-11-3-5-12(18)6-4-11/h3-10H,2H2,1H3/b16-9-. The molecule has 1 aliphatic rings. The number of ether oxygens (including phenoxy) is 2. The lowest BCUT2D eigenvalue weighted by Gasteiger charge is -2.03. The van der Waals surface area contributed by atoms with Crippen LogP contribution in [0.25, 0.3) is 6.08 Å². The fourth-order valence-corrected chi connectivity index (χ4v) is 2.40. The molecule has 0 unspecified atom stereocenters. The molecule has 4 heteroatoms. The van der Waals surface area contributed by atoms with Crippen LogP contribution in [0.2, 0.25) is 0 Å². The van der Waals surface area contributed by atoms with Gasteiger partial charge in [-0.1, -0.05) is 28.1 Å². The van der Waals surface area contributed by atoms with Crippen molar-refractivity contribution in [2.45, 2.75) is 6.92 Å². The van der Waals surface area contributed by atoms with Crippen LogP contribution in [0.4, 0.5) is 0 Å². The van der Waals surface area contributed by atoms with E-state index >= 15 is 0 Å². The summed E-state index contributed by atoms with van der Waals surface area (Å²) in [6.07, 6.45) is 1.75. The van der Waals surface area contributed by atoms with Crippen molar-refractivity contribution in [3.05, 3.63) is 63.8 Å². The summed E-state index contributed by atoms with van der Waals surface area (Å²) in [5.74, 6) is 1.49. The van der Waals surface area contributed by atoms with Gasteiger partial charge >= 0.3 is 0 Å². The number of carbonyl (C=O) groups excluding carboxylic acids is 1. The van der Waals surface area contributed by atoms with E-state index in [9.17, 15) is 4.79 Å². The van der Waals surface area contributed by atoms with Crippen LogP contribution in [-0.4, -0.2) is 12.4 Å². The lowest BCUT2D eigenvalue weighted by molar-refractivity contribution is 0.101. The van der Waals surface area contributed by atoms with E-state index in [-0.39, 0.29) is 5.78 Å². The number of allylic oxidation sites excluding steroid dienone is 1. The highest BCUT2D eigenvalue weighted by Gasteiger charge is 2.27. The van der Waals surface area contributed by atoms with Crippen LogP contribution in [0, 0.1) is 0 Å². The fourth-order valence-electron chi connectivity index (χ4n) is 2.13. The average molecular weight is 345 g/mol. The zero-order chi connectivity index (χ0) is 14.8. The number of rotatable bonds is 3. The van der Waals surface area contributed by atoms with Crippen molar-refractivity contribution >= 4 is 27.8 Å². The molecule has 0 spiro atoms. The molecule has 0 aliphatic carbocycles. The number of benzene rings is 2. The summed E-state index contributed by atoms with van der Waals surface area (Å²) in [6, 6.07) is 13.0. The molecule has 0 bridgehead atoms. The van der Waals surface area contributed by atoms with Crippen LogP contribution < -0.4 is 9.47 Å². The second-order valence-corrected chi connectivity index (χ2v) is 5.50. The number of halogens is 1. The van der Waals surface area contributed by atoms with Crippen molar-refractivity contribution in [1.82, 2.24) is 0 Å². The summed E-state index contributed by atoms with van der Waals surface area (Å²) >= 11 is 3.38. The second kappa shape index (κ2) is 5.74. The summed E-state index contributed by atoms with van der Waals surface area (Å²) in [5, 5.41) is 0. The maximum atomic E-state index is 12.3. The molecule has 1 aliphatic heterocycles. The maximum absolute atomic E-state index is 12.3. The topological polar surface area (TPSA) is 35.5 Å². The molecule has 0 saturated heterocycles. The van der Waals surface area contributed by atoms with E-state index in [0.29, 0.717) is 29.4 Å². The van der Waals surface area contributed by atoms with Crippen molar-refractivity contribution in [3.63, 3.8) is 0 Å². The Balaban J connectivity index is 1.90. The summed E-state index contributed by atoms with van der Waals surface area (Å²) in [4.78, 5) is 12.3. The first-order valence-electron chi connectivity index (χ1n) is 6.64. The van der Waals surface area contributed by atoms with E-state index in [0.717, 1.165) is 10.0 Å². The third-order valence-electron chi connectivity index (χ3n) is 3.12. The zero-order valence-corrected chi connectivity index (χ0v) is 13.0. The minimum atomic E-state index is -0.101. The molecule has 0 fully saturated rings. The molecule has 0 atom stereocenters. The second-order valence-electron chi connectivity index (χ2n) is 4.58. The molecule has 0 radical (unpaired) electrons. The predicted molar refractivity (Wildman–Crippen MR) is 84.7 cm³/mol. The molecule has 0 aromatic heterocycles. The number of hydrogen-bond donors (Lipinski definition) is 0. The van der Waals surface area contributed by atoms with Crippen LogP contribution in [0.1, 0.15) is 22.8 Å². The molecule has 21 heavy (non-hydrogen) atoms. The van der Waals surface area contributed by atoms with Gasteiger partial charge in [-0.05, 0) is 42.8 Å². The van der Waals surface area contributed by atoms with Gasteiger partial charge in [0.1, 0.15) is 11.5 Å². The van der Waals surface area contributed by atoms with Gasteiger partial charge in [0.2, 0.25) is 5.78 Å². The van der Waals surface area contributed by atoms with Gasteiger partial charge in [-0.2, -0.15) is 0 Å². The Hall–Kier alpha value is -2.07. The Labute approximate surface area is 131 Å². The van der Waals surface area contributed by atoms with E-state index in [1.807, 2.05) is 31.2 Å². The van der Waals surface area contributed by atoms with Crippen molar-refractivity contribution in [3.8, 4) is 11.5 Å². The van der Waals surface area contributed by atoms with Gasteiger partial charge in [-0.3, -0.25) is 4.79 Å². The highest BCUT2D eigenvalue weighted by atomic mass is 79.9. The molecule has 1 heterocycles. The lowest BCUT2D eigenvalue weighted by atomic mass is 10.1. The van der Waals surface area contributed by atoms with E-state index in [1.54, 1.807) is 24.3 Å². The SMILES string of the molecule is CCOc1ccc2c(c1)O/C(=C\c1ccc(Br)cc1)C2=O. The fraction of sp³-hybridized carbons (Fsp3) is 0.118. The monoisotopic (exact) mass is 344 g/mol. The molecular formula is C17H13BrO3. The van der Waals surface area contributed by atoms with Crippen molar-refractivity contribution in [1.29, 1.82) is 0 Å². The number of hydrogen-bond acceptors (Lipinski definition) is 3. The van der Waals surface area contributed by atoms with Crippen molar-refractivity contribution < 1.29 is 14.3 Å². The van der Waals surface area contributed by atoms with Gasteiger partial charge < -0.3 is 9.47 Å². The van der Waals surface area contributed by atoms with Gasteiger partial charge in [0.25, 0.3) is 0 Å². The van der Waals surface area contributed by atoms with Gasteiger partial charge in [0.05, 0.1) is 12.2 Å². The number of ketones is 1. The van der Waals surface area contributed by atoms with Gasteiger partial charge in [0.15, 0.2) is 5.76 Å². The van der Waals surface area contributed by atoms with Gasteiger partial charge in [-0.15, -0.1) is 0 Å². The van der Waals surface area contributed by atoms with Gasteiger partial charge in [-0.25, -0.2) is 0 Å². The van der Waals surface area contributed by atoms with Crippen LogP contribution in [-0.2, 0) is 0 Å². The summed E-state index contributed by atoms with van der Waals surface area (Å²) in [7, 11) is 0. The number of carbonyl (C=O) groups is 1. The maximum Gasteiger partial charge on any atom is 0.231 e. The van der Waals surface area contributed by atoms with Gasteiger partial charge in [0, 0.05) is 10.5 Å².